The van der Waals surface area contributed by atoms with Crippen LogP contribution in [0.15, 0.2) is 48.5 Å². The van der Waals surface area contributed by atoms with Crippen LogP contribution in [0.5, 0.6) is 5.75 Å². The maximum Gasteiger partial charge on any atom is 0.255 e. The largest absolute Gasteiger partial charge is 0.491 e. The van der Waals surface area contributed by atoms with E-state index in [0.717, 1.165) is 18.6 Å². The van der Waals surface area contributed by atoms with Crippen molar-refractivity contribution < 1.29 is 14.3 Å². The van der Waals surface area contributed by atoms with Crippen LogP contribution in [-0.4, -0.2) is 24.0 Å². The highest BCUT2D eigenvalue weighted by Crippen LogP contribution is 2.20. The van der Waals surface area contributed by atoms with Crippen LogP contribution in [0.1, 0.15) is 47.4 Å². The van der Waals surface area contributed by atoms with Gasteiger partial charge in [0.15, 0.2) is 0 Å². The van der Waals surface area contributed by atoms with Gasteiger partial charge in [-0.05, 0) is 69.2 Å². The third-order valence-electron chi connectivity index (χ3n) is 3.78. The standard InChI is InChI=1S/C20H22N2O3/c1-13(2)25-18-10-8-17(9-11-18)22-20(24)15-5-3-4-14(12-15)19(23)21-16-6-7-16/h3-5,8-13,16H,6-7H2,1-2H3,(H,21,23)(H,22,24). The predicted molar refractivity (Wildman–Crippen MR) is 97.1 cm³/mol. The first-order chi connectivity index (χ1) is 12.0. The van der Waals surface area contributed by atoms with Crippen molar-refractivity contribution in [3.05, 3.63) is 59.7 Å². The fourth-order valence-corrected chi connectivity index (χ4v) is 2.39. The molecule has 3 rings (SSSR count). The van der Waals surface area contributed by atoms with E-state index in [1.165, 1.54) is 0 Å². The van der Waals surface area contributed by atoms with Gasteiger partial charge in [0.1, 0.15) is 5.75 Å². The number of nitrogens with one attached hydrogen (secondary N) is 2. The second kappa shape index (κ2) is 7.38. The van der Waals surface area contributed by atoms with Crippen molar-refractivity contribution in [2.75, 3.05) is 5.32 Å². The van der Waals surface area contributed by atoms with Gasteiger partial charge < -0.3 is 15.4 Å². The Balaban J connectivity index is 1.65. The Morgan fingerprint density at radius 3 is 2.24 bits per heavy atom. The number of benzene rings is 2. The number of amides is 2. The van der Waals surface area contributed by atoms with Crippen LogP contribution >= 0.6 is 0 Å². The Morgan fingerprint density at radius 2 is 1.64 bits per heavy atom. The third-order valence-corrected chi connectivity index (χ3v) is 3.78. The molecule has 2 N–H and O–H groups in total. The minimum atomic E-state index is -0.251. The quantitative estimate of drug-likeness (QED) is 0.845. The van der Waals surface area contributed by atoms with Crippen LogP contribution in [0, 0.1) is 0 Å². The molecule has 2 aromatic carbocycles. The van der Waals surface area contributed by atoms with Gasteiger partial charge in [0.2, 0.25) is 0 Å². The zero-order valence-electron chi connectivity index (χ0n) is 14.4. The van der Waals surface area contributed by atoms with E-state index in [-0.39, 0.29) is 24.0 Å². The van der Waals surface area contributed by atoms with Gasteiger partial charge in [0.05, 0.1) is 6.10 Å². The zero-order chi connectivity index (χ0) is 17.8. The molecule has 130 valence electrons. The van der Waals surface area contributed by atoms with Crippen molar-refractivity contribution in [3.8, 4) is 5.75 Å². The van der Waals surface area contributed by atoms with E-state index in [9.17, 15) is 9.59 Å². The molecule has 0 unspecified atom stereocenters. The molecule has 0 aliphatic heterocycles. The van der Waals surface area contributed by atoms with Crippen molar-refractivity contribution in [2.45, 2.75) is 38.8 Å². The highest BCUT2D eigenvalue weighted by molar-refractivity contribution is 6.06. The van der Waals surface area contributed by atoms with Crippen molar-refractivity contribution in [3.63, 3.8) is 0 Å². The molecule has 0 bridgehead atoms. The number of hydrogen-bond donors (Lipinski definition) is 2. The molecule has 2 amide bonds. The zero-order valence-corrected chi connectivity index (χ0v) is 14.4. The van der Waals surface area contributed by atoms with E-state index in [1.54, 1.807) is 36.4 Å². The van der Waals surface area contributed by atoms with Crippen molar-refractivity contribution in [1.82, 2.24) is 5.32 Å². The van der Waals surface area contributed by atoms with Gasteiger partial charge in [-0.25, -0.2) is 0 Å². The van der Waals surface area contributed by atoms with Crippen LogP contribution in [0.4, 0.5) is 5.69 Å². The van der Waals surface area contributed by atoms with Crippen LogP contribution < -0.4 is 15.4 Å². The van der Waals surface area contributed by atoms with E-state index < -0.39 is 0 Å². The van der Waals surface area contributed by atoms with Crippen molar-refractivity contribution in [2.24, 2.45) is 0 Å². The molecule has 5 nitrogen and oxygen atoms in total. The molecule has 1 aliphatic carbocycles. The summed E-state index contributed by atoms with van der Waals surface area (Å²) in [6.07, 6.45) is 2.16. The lowest BCUT2D eigenvalue weighted by molar-refractivity contribution is 0.0951. The van der Waals surface area contributed by atoms with E-state index in [2.05, 4.69) is 10.6 Å². The fourth-order valence-electron chi connectivity index (χ4n) is 2.39. The molecule has 1 saturated carbocycles. The predicted octanol–water partition coefficient (Wildman–Crippen LogP) is 3.62. The topological polar surface area (TPSA) is 67.4 Å². The lowest BCUT2D eigenvalue weighted by Crippen LogP contribution is -2.25. The number of rotatable bonds is 6. The number of ether oxygens (including phenoxy) is 1. The molecule has 0 heterocycles. The Morgan fingerprint density at radius 1 is 1.00 bits per heavy atom. The number of hydrogen-bond acceptors (Lipinski definition) is 3. The molecular weight excluding hydrogens is 316 g/mol. The average Bonchev–Trinajstić information content (AvgIpc) is 3.40. The normalized spacial score (nSPS) is 13.4. The molecule has 5 heteroatoms. The van der Waals surface area contributed by atoms with Crippen LogP contribution in [0.25, 0.3) is 0 Å². The van der Waals surface area contributed by atoms with E-state index in [1.807, 2.05) is 26.0 Å². The lowest BCUT2D eigenvalue weighted by atomic mass is 10.1. The van der Waals surface area contributed by atoms with Gasteiger partial charge in [-0.15, -0.1) is 0 Å². The Bertz CT molecular complexity index is 765. The summed E-state index contributed by atoms with van der Waals surface area (Å²) >= 11 is 0. The minimum absolute atomic E-state index is 0.102. The van der Waals surface area contributed by atoms with E-state index >= 15 is 0 Å². The maximum atomic E-state index is 12.4. The molecule has 0 saturated heterocycles. The summed E-state index contributed by atoms with van der Waals surface area (Å²) in [7, 11) is 0. The number of carbonyl (C=O) groups is 2. The van der Waals surface area contributed by atoms with Crippen molar-refractivity contribution in [1.29, 1.82) is 0 Å². The van der Waals surface area contributed by atoms with Gasteiger partial charge in [-0.2, -0.15) is 0 Å². The summed E-state index contributed by atoms with van der Waals surface area (Å²) in [5.41, 5.74) is 1.63. The van der Waals surface area contributed by atoms with Gasteiger partial charge in [0.25, 0.3) is 11.8 Å². The van der Waals surface area contributed by atoms with Gasteiger partial charge in [-0.3, -0.25) is 9.59 Å². The summed E-state index contributed by atoms with van der Waals surface area (Å²) in [5.74, 6) is 0.373. The Hall–Kier alpha value is -2.82. The van der Waals surface area contributed by atoms with Gasteiger partial charge in [0, 0.05) is 22.9 Å². The first-order valence-corrected chi connectivity index (χ1v) is 8.50. The average molecular weight is 338 g/mol. The maximum absolute atomic E-state index is 12.4. The molecule has 1 fully saturated rings. The molecular formula is C20H22N2O3. The van der Waals surface area contributed by atoms with E-state index in [4.69, 9.17) is 4.74 Å². The second-order valence-electron chi connectivity index (χ2n) is 6.47. The first kappa shape index (κ1) is 17.0. The minimum Gasteiger partial charge on any atom is -0.491 e. The van der Waals surface area contributed by atoms with Crippen LogP contribution in [0.2, 0.25) is 0 Å². The molecule has 25 heavy (non-hydrogen) atoms. The first-order valence-electron chi connectivity index (χ1n) is 8.50. The summed E-state index contributed by atoms with van der Waals surface area (Å²) in [4.78, 5) is 24.5. The van der Waals surface area contributed by atoms with Crippen LogP contribution in [0.3, 0.4) is 0 Å². The smallest absolute Gasteiger partial charge is 0.255 e. The molecule has 0 spiro atoms. The van der Waals surface area contributed by atoms with Gasteiger partial charge in [-0.1, -0.05) is 6.07 Å². The molecule has 0 atom stereocenters. The molecule has 1 aliphatic rings. The number of anilines is 1. The fraction of sp³-hybridized carbons (Fsp3) is 0.300. The lowest BCUT2D eigenvalue weighted by Gasteiger charge is -2.11. The third kappa shape index (κ3) is 4.83. The Kier molecular flexibility index (Phi) is 5.03. The molecule has 0 aromatic heterocycles. The summed E-state index contributed by atoms with van der Waals surface area (Å²) < 4.78 is 5.58. The highest BCUT2D eigenvalue weighted by atomic mass is 16.5. The van der Waals surface area contributed by atoms with Crippen LogP contribution in [-0.2, 0) is 0 Å². The highest BCUT2D eigenvalue weighted by Gasteiger charge is 2.24. The summed E-state index contributed by atoms with van der Waals surface area (Å²) in [5, 5.41) is 5.75. The SMILES string of the molecule is CC(C)Oc1ccc(NC(=O)c2cccc(C(=O)NC3CC3)c2)cc1. The Labute approximate surface area is 147 Å². The summed E-state index contributed by atoms with van der Waals surface area (Å²) in [6.45, 7) is 3.92. The molecule has 0 radical (unpaired) electrons. The summed E-state index contributed by atoms with van der Waals surface area (Å²) in [6, 6.07) is 14.2. The molecule has 2 aromatic rings. The van der Waals surface area contributed by atoms with Crippen molar-refractivity contribution >= 4 is 17.5 Å². The monoisotopic (exact) mass is 338 g/mol. The van der Waals surface area contributed by atoms with Gasteiger partial charge >= 0.3 is 0 Å². The number of carbonyl (C=O) groups excluding carboxylic acids is 2. The second-order valence-corrected chi connectivity index (χ2v) is 6.47. The van der Waals surface area contributed by atoms with E-state index in [0.29, 0.717) is 16.8 Å².